The third-order valence-electron chi connectivity index (χ3n) is 3.08. The van der Waals surface area contributed by atoms with Crippen LogP contribution >= 0.6 is 15.9 Å². The highest BCUT2D eigenvalue weighted by molar-refractivity contribution is 9.10. The Kier molecular flexibility index (Phi) is 4.19. The van der Waals surface area contributed by atoms with Crippen molar-refractivity contribution in [1.82, 2.24) is 15.1 Å². The lowest BCUT2D eigenvalue weighted by Gasteiger charge is -2.14. The second-order valence-electron chi connectivity index (χ2n) is 4.57. The first-order valence-corrected chi connectivity index (χ1v) is 6.83. The lowest BCUT2D eigenvalue weighted by atomic mass is 10.1. The summed E-state index contributed by atoms with van der Waals surface area (Å²) >= 11 is 3.45. The topological polar surface area (TPSA) is 29.9 Å². The van der Waals surface area contributed by atoms with Gasteiger partial charge < -0.3 is 5.32 Å². The quantitative estimate of drug-likeness (QED) is 0.939. The van der Waals surface area contributed by atoms with E-state index >= 15 is 0 Å². The van der Waals surface area contributed by atoms with Gasteiger partial charge in [-0.1, -0.05) is 28.1 Å². The Bertz CT molecular complexity index is 516. The van der Waals surface area contributed by atoms with Crippen molar-refractivity contribution in [2.45, 2.75) is 26.4 Å². The van der Waals surface area contributed by atoms with Gasteiger partial charge in [0.15, 0.2) is 0 Å². The normalized spacial score (nSPS) is 12.7. The minimum atomic E-state index is 0.331. The summed E-state index contributed by atoms with van der Waals surface area (Å²) in [7, 11) is 1.95. The van der Waals surface area contributed by atoms with Crippen LogP contribution < -0.4 is 5.32 Å². The highest BCUT2D eigenvalue weighted by Gasteiger charge is 2.07. The molecule has 2 aromatic rings. The third-order valence-corrected chi connectivity index (χ3v) is 3.61. The molecular formula is C14H18BrN3. The van der Waals surface area contributed by atoms with Gasteiger partial charge in [-0.15, -0.1) is 0 Å². The summed E-state index contributed by atoms with van der Waals surface area (Å²) in [6.07, 6.45) is 2.07. The fraction of sp³-hybridized carbons (Fsp3) is 0.357. The molecule has 0 aliphatic heterocycles. The first-order valence-electron chi connectivity index (χ1n) is 6.04. The number of nitrogens with zero attached hydrogens (tertiary/aromatic N) is 2. The van der Waals surface area contributed by atoms with E-state index in [4.69, 9.17) is 0 Å². The zero-order valence-corrected chi connectivity index (χ0v) is 12.5. The Morgan fingerprint density at radius 1 is 1.33 bits per heavy atom. The molecule has 0 bridgehead atoms. The Morgan fingerprint density at radius 2 is 2.00 bits per heavy atom. The summed E-state index contributed by atoms with van der Waals surface area (Å²) in [6.45, 7) is 5.06. The van der Waals surface area contributed by atoms with E-state index in [-0.39, 0.29) is 0 Å². The van der Waals surface area contributed by atoms with Crippen molar-refractivity contribution in [2.75, 3.05) is 0 Å². The van der Waals surface area contributed by atoms with Gasteiger partial charge in [-0.05, 0) is 31.5 Å². The van der Waals surface area contributed by atoms with E-state index in [1.165, 1.54) is 11.1 Å². The van der Waals surface area contributed by atoms with E-state index in [0.29, 0.717) is 6.04 Å². The van der Waals surface area contributed by atoms with Crippen molar-refractivity contribution in [3.63, 3.8) is 0 Å². The van der Waals surface area contributed by atoms with Gasteiger partial charge in [0.2, 0.25) is 0 Å². The van der Waals surface area contributed by atoms with Crippen LogP contribution in [0.5, 0.6) is 0 Å². The van der Waals surface area contributed by atoms with Crippen molar-refractivity contribution < 1.29 is 0 Å². The molecule has 0 aliphatic rings. The smallest absolute Gasteiger partial charge is 0.0638 e. The maximum atomic E-state index is 4.34. The largest absolute Gasteiger partial charge is 0.306 e. The Hall–Kier alpha value is -1.13. The fourth-order valence-corrected chi connectivity index (χ4v) is 2.22. The lowest BCUT2D eigenvalue weighted by Crippen LogP contribution is -2.18. The average Bonchev–Trinajstić information content (AvgIpc) is 2.66. The number of nitrogens with one attached hydrogen (secondary N) is 1. The van der Waals surface area contributed by atoms with Gasteiger partial charge in [0.1, 0.15) is 0 Å². The molecule has 0 saturated heterocycles. The molecular weight excluding hydrogens is 290 g/mol. The lowest BCUT2D eigenvalue weighted by molar-refractivity contribution is 0.573. The van der Waals surface area contributed by atoms with Crippen LogP contribution in [0, 0.1) is 6.92 Å². The van der Waals surface area contributed by atoms with Gasteiger partial charge in [0, 0.05) is 35.9 Å². The maximum absolute atomic E-state index is 4.34. The molecule has 0 saturated carbocycles. The summed E-state index contributed by atoms with van der Waals surface area (Å²) < 4.78 is 2.97. The monoisotopic (exact) mass is 307 g/mol. The summed E-state index contributed by atoms with van der Waals surface area (Å²) in [4.78, 5) is 0. The van der Waals surface area contributed by atoms with Gasteiger partial charge in [0.05, 0.1) is 5.69 Å². The van der Waals surface area contributed by atoms with Crippen LogP contribution in [0.4, 0.5) is 0 Å². The fourth-order valence-electron chi connectivity index (χ4n) is 1.95. The van der Waals surface area contributed by atoms with Crippen LogP contribution in [0.15, 0.2) is 34.9 Å². The van der Waals surface area contributed by atoms with Crippen molar-refractivity contribution >= 4 is 15.9 Å². The van der Waals surface area contributed by atoms with Gasteiger partial charge in [0.25, 0.3) is 0 Å². The standard InChI is InChI=1S/C14H18BrN3/c1-10(12-4-6-14(15)7-5-12)16-8-13-9-18(3)17-11(13)2/h4-7,9-10,16H,8H2,1-3H3/t10-/m0/s1. The van der Waals surface area contributed by atoms with Gasteiger partial charge in [-0.3, -0.25) is 4.68 Å². The van der Waals surface area contributed by atoms with Crippen LogP contribution in [-0.4, -0.2) is 9.78 Å². The van der Waals surface area contributed by atoms with Gasteiger partial charge in [-0.25, -0.2) is 0 Å². The number of halogens is 1. The average molecular weight is 308 g/mol. The molecule has 0 unspecified atom stereocenters. The van der Waals surface area contributed by atoms with Crippen LogP contribution in [0.1, 0.15) is 29.8 Å². The molecule has 0 radical (unpaired) electrons. The second kappa shape index (κ2) is 5.67. The first-order chi connectivity index (χ1) is 8.56. The third kappa shape index (κ3) is 3.21. The zero-order valence-electron chi connectivity index (χ0n) is 10.9. The molecule has 3 nitrogen and oxygen atoms in total. The van der Waals surface area contributed by atoms with Crippen molar-refractivity contribution in [3.05, 3.63) is 51.8 Å². The molecule has 4 heteroatoms. The number of rotatable bonds is 4. The van der Waals surface area contributed by atoms with E-state index in [1.54, 1.807) is 0 Å². The van der Waals surface area contributed by atoms with Crippen molar-refractivity contribution in [3.8, 4) is 0 Å². The molecule has 1 atom stereocenters. The van der Waals surface area contributed by atoms with Gasteiger partial charge >= 0.3 is 0 Å². The van der Waals surface area contributed by atoms with E-state index in [9.17, 15) is 0 Å². The number of hydrogen-bond acceptors (Lipinski definition) is 2. The molecule has 1 aromatic carbocycles. The second-order valence-corrected chi connectivity index (χ2v) is 5.48. The summed E-state index contributed by atoms with van der Waals surface area (Å²) in [5.41, 5.74) is 3.63. The molecule has 18 heavy (non-hydrogen) atoms. The van der Waals surface area contributed by atoms with E-state index < -0.39 is 0 Å². The van der Waals surface area contributed by atoms with Crippen LogP contribution in [0.25, 0.3) is 0 Å². The van der Waals surface area contributed by atoms with Crippen LogP contribution in [0.3, 0.4) is 0 Å². The number of hydrogen-bond donors (Lipinski definition) is 1. The van der Waals surface area contributed by atoms with E-state index in [1.807, 2.05) is 18.7 Å². The highest BCUT2D eigenvalue weighted by atomic mass is 79.9. The number of aromatic nitrogens is 2. The van der Waals surface area contributed by atoms with Crippen LogP contribution in [-0.2, 0) is 13.6 Å². The van der Waals surface area contributed by atoms with E-state index in [2.05, 4.69) is 63.7 Å². The molecule has 0 aliphatic carbocycles. The van der Waals surface area contributed by atoms with Crippen LogP contribution in [0.2, 0.25) is 0 Å². The molecule has 2 rings (SSSR count). The minimum Gasteiger partial charge on any atom is -0.306 e. The summed E-state index contributed by atoms with van der Waals surface area (Å²) in [5, 5.41) is 7.86. The summed E-state index contributed by atoms with van der Waals surface area (Å²) in [6, 6.07) is 8.75. The molecule has 96 valence electrons. The number of aryl methyl sites for hydroxylation is 2. The van der Waals surface area contributed by atoms with Crippen molar-refractivity contribution in [1.29, 1.82) is 0 Å². The molecule has 1 aromatic heterocycles. The Labute approximate surface area is 116 Å². The SMILES string of the molecule is Cc1nn(C)cc1CN[C@@H](C)c1ccc(Br)cc1. The highest BCUT2D eigenvalue weighted by Crippen LogP contribution is 2.17. The predicted octanol–water partition coefficient (Wildman–Crippen LogP) is 3.34. The minimum absolute atomic E-state index is 0.331. The Balaban J connectivity index is 1.98. The van der Waals surface area contributed by atoms with E-state index in [0.717, 1.165) is 16.7 Å². The molecule has 1 N–H and O–H groups in total. The molecule has 0 amide bonds. The maximum Gasteiger partial charge on any atom is 0.0638 e. The molecule has 0 spiro atoms. The summed E-state index contributed by atoms with van der Waals surface area (Å²) in [5.74, 6) is 0. The van der Waals surface area contributed by atoms with Crippen molar-refractivity contribution in [2.24, 2.45) is 7.05 Å². The Morgan fingerprint density at radius 3 is 2.56 bits per heavy atom. The number of benzene rings is 1. The first kappa shape index (κ1) is 13.3. The molecule has 1 heterocycles. The van der Waals surface area contributed by atoms with Gasteiger partial charge in [-0.2, -0.15) is 5.10 Å². The molecule has 0 fully saturated rings. The zero-order chi connectivity index (χ0) is 13.1. The predicted molar refractivity (Wildman–Crippen MR) is 77.3 cm³/mol.